The van der Waals surface area contributed by atoms with E-state index in [0.29, 0.717) is 12.1 Å². The molecule has 210 valence electrons. The summed E-state index contributed by atoms with van der Waals surface area (Å²) in [4.78, 5) is 23.3. The number of amides is 2. The van der Waals surface area contributed by atoms with Crippen molar-refractivity contribution in [2.45, 2.75) is 33.6 Å². The van der Waals surface area contributed by atoms with Gasteiger partial charge in [0.25, 0.3) is 0 Å². The highest BCUT2D eigenvalue weighted by molar-refractivity contribution is 5.92. The van der Waals surface area contributed by atoms with E-state index < -0.39 is 6.09 Å². The van der Waals surface area contributed by atoms with Crippen LogP contribution in [0.4, 0.5) is 21.9 Å². The lowest BCUT2D eigenvalue weighted by molar-refractivity contribution is -0.120. The molecular weight excluding hydrogens is 508 g/mol. The number of carbonyl (C=O) groups excluding carboxylic acids is 2. The van der Waals surface area contributed by atoms with E-state index in [9.17, 15) is 9.59 Å². The molecule has 10 nitrogen and oxygen atoms in total. The molecular formula is C30H36N6O4. The first kappa shape index (κ1) is 31.2. The number of carbonyl (C=O) groups is 2. The maximum atomic E-state index is 12.1. The largest absolute Gasteiger partial charge is 0.497 e. The van der Waals surface area contributed by atoms with Crippen molar-refractivity contribution >= 4 is 34.6 Å². The third-order valence-electron chi connectivity index (χ3n) is 5.69. The molecule has 4 rings (SSSR count). The van der Waals surface area contributed by atoms with Crippen molar-refractivity contribution in [2.75, 3.05) is 30.9 Å². The van der Waals surface area contributed by atoms with Crippen molar-refractivity contribution in [3.8, 4) is 6.57 Å². The van der Waals surface area contributed by atoms with E-state index >= 15 is 0 Å². The van der Waals surface area contributed by atoms with Gasteiger partial charge in [-0.15, -0.1) is 0 Å². The van der Waals surface area contributed by atoms with Crippen molar-refractivity contribution in [2.24, 2.45) is 0 Å². The summed E-state index contributed by atoms with van der Waals surface area (Å²) < 4.78 is 11.9. The fraction of sp³-hybridized carbons (Fsp3) is 0.267. The van der Waals surface area contributed by atoms with E-state index in [1.165, 1.54) is 0 Å². The van der Waals surface area contributed by atoms with Crippen LogP contribution >= 0.6 is 0 Å². The Bertz CT molecular complexity index is 1370. The second-order valence-corrected chi connectivity index (χ2v) is 8.46. The summed E-state index contributed by atoms with van der Waals surface area (Å²) in [6, 6.07) is 9.87. The number of allylic oxidation sites excluding steroid dienone is 5. The van der Waals surface area contributed by atoms with Crippen molar-refractivity contribution in [3.63, 3.8) is 0 Å². The van der Waals surface area contributed by atoms with Crippen LogP contribution in [0.2, 0.25) is 0 Å². The summed E-state index contributed by atoms with van der Waals surface area (Å²) in [5.74, 6) is 0.840. The van der Waals surface area contributed by atoms with Gasteiger partial charge in [-0.3, -0.25) is 10.1 Å². The van der Waals surface area contributed by atoms with Gasteiger partial charge in [0, 0.05) is 24.2 Å². The number of ether oxygens (including phenoxy) is 2. The number of fused-ring (bicyclic) bond motifs is 1. The Morgan fingerprint density at radius 3 is 2.60 bits per heavy atom. The molecule has 0 spiro atoms. The van der Waals surface area contributed by atoms with Gasteiger partial charge < -0.3 is 20.1 Å². The van der Waals surface area contributed by atoms with Crippen molar-refractivity contribution < 1.29 is 19.1 Å². The third kappa shape index (κ3) is 9.36. The van der Waals surface area contributed by atoms with E-state index in [1.807, 2.05) is 62.4 Å². The van der Waals surface area contributed by atoms with Gasteiger partial charge in [0.05, 0.1) is 42.9 Å². The van der Waals surface area contributed by atoms with Crippen molar-refractivity contribution in [1.82, 2.24) is 14.9 Å². The van der Waals surface area contributed by atoms with Crippen LogP contribution in [0.3, 0.4) is 0 Å². The standard InChI is InChI=1S/C21H25N5O3.C8H10O.CHN/c1-4-18(27)22-10-11-29-21(28)25-17-13-26-20(15(17)3)19(14(2)12-23-26)24-16-8-6-5-7-9-16;1-9-8-6-4-2-3-5-7-8;1-2/h5-9,12-13,24H,4,10-11H2,1-3H3,(H,22,27)(H,25,28);2,4-7H,3H2,1H3;1H. The lowest BCUT2D eigenvalue weighted by Crippen LogP contribution is -2.28. The average Bonchev–Trinajstić information content (AvgIpc) is 3.13. The molecule has 1 aliphatic rings. The molecule has 0 radical (unpaired) electrons. The number of benzene rings is 1. The van der Waals surface area contributed by atoms with E-state index in [4.69, 9.17) is 14.7 Å². The molecule has 2 heterocycles. The first-order valence-electron chi connectivity index (χ1n) is 12.8. The Labute approximate surface area is 235 Å². The second-order valence-electron chi connectivity index (χ2n) is 8.46. The maximum Gasteiger partial charge on any atom is 0.411 e. The Morgan fingerprint density at radius 2 is 1.90 bits per heavy atom. The molecule has 1 aromatic carbocycles. The van der Waals surface area contributed by atoms with Crippen LogP contribution in [0.5, 0.6) is 0 Å². The summed E-state index contributed by atoms with van der Waals surface area (Å²) in [5, 5.41) is 19.8. The smallest absolute Gasteiger partial charge is 0.411 e. The molecule has 2 aromatic heterocycles. The molecule has 10 heteroatoms. The van der Waals surface area contributed by atoms with E-state index in [0.717, 1.165) is 40.2 Å². The zero-order chi connectivity index (χ0) is 29.3. The lowest BCUT2D eigenvalue weighted by atomic mass is 10.1. The molecule has 0 saturated carbocycles. The molecule has 0 bridgehead atoms. The number of aryl methyl sites for hydroxylation is 2. The zero-order valence-corrected chi connectivity index (χ0v) is 23.3. The van der Waals surface area contributed by atoms with Gasteiger partial charge in [0.15, 0.2) is 0 Å². The first-order valence-corrected chi connectivity index (χ1v) is 12.8. The molecule has 2 amide bonds. The highest BCUT2D eigenvalue weighted by Crippen LogP contribution is 2.32. The average molecular weight is 545 g/mol. The quantitative estimate of drug-likeness (QED) is 0.299. The van der Waals surface area contributed by atoms with Gasteiger partial charge in [-0.2, -0.15) is 5.10 Å². The topological polar surface area (TPSA) is 130 Å². The van der Waals surface area contributed by atoms with Crippen LogP contribution in [-0.4, -0.2) is 41.9 Å². The Balaban J connectivity index is 0.000000428. The highest BCUT2D eigenvalue weighted by atomic mass is 16.5. The van der Waals surface area contributed by atoms with Gasteiger partial charge in [0.1, 0.15) is 12.4 Å². The van der Waals surface area contributed by atoms with Gasteiger partial charge in [-0.1, -0.05) is 43.4 Å². The Kier molecular flexibility index (Phi) is 13.0. The zero-order valence-electron chi connectivity index (χ0n) is 23.3. The van der Waals surface area contributed by atoms with Crippen LogP contribution in [0.25, 0.3) is 5.52 Å². The predicted octanol–water partition coefficient (Wildman–Crippen LogP) is 5.94. The molecule has 0 saturated heterocycles. The molecule has 40 heavy (non-hydrogen) atoms. The van der Waals surface area contributed by atoms with Crippen LogP contribution in [0, 0.1) is 25.7 Å². The third-order valence-corrected chi connectivity index (χ3v) is 5.69. The Morgan fingerprint density at radius 1 is 1.15 bits per heavy atom. The normalized spacial score (nSPS) is 11.5. The van der Waals surface area contributed by atoms with Gasteiger partial charge >= 0.3 is 6.09 Å². The summed E-state index contributed by atoms with van der Waals surface area (Å²) >= 11 is 0. The lowest BCUT2D eigenvalue weighted by Gasteiger charge is -2.12. The van der Waals surface area contributed by atoms with E-state index in [1.54, 1.807) is 30.9 Å². The molecule has 3 aromatic rings. The van der Waals surface area contributed by atoms with Crippen molar-refractivity contribution in [3.05, 3.63) is 90.0 Å². The number of nitriles is 1. The summed E-state index contributed by atoms with van der Waals surface area (Å²) in [6.45, 7) is 9.55. The number of rotatable bonds is 8. The van der Waals surface area contributed by atoms with E-state index in [-0.39, 0.29) is 19.1 Å². The van der Waals surface area contributed by atoms with Crippen LogP contribution < -0.4 is 16.0 Å². The summed E-state index contributed by atoms with van der Waals surface area (Å²) in [7, 11) is 1.68. The van der Waals surface area contributed by atoms with Gasteiger partial charge in [0.2, 0.25) is 5.91 Å². The van der Waals surface area contributed by atoms with Crippen LogP contribution in [0.1, 0.15) is 30.9 Å². The Hall–Kier alpha value is -5.04. The first-order chi connectivity index (χ1) is 19.4. The minimum Gasteiger partial charge on any atom is -0.497 e. The maximum absolute atomic E-state index is 12.1. The number of para-hydroxylation sites is 1. The van der Waals surface area contributed by atoms with E-state index in [2.05, 4.69) is 39.8 Å². The molecule has 1 aliphatic carbocycles. The van der Waals surface area contributed by atoms with Crippen LogP contribution in [0.15, 0.2) is 78.9 Å². The number of hydrogen-bond acceptors (Lipinski definition) is 7. The summed E-state index contributed by atoms with van der Waals surface area (Å²) in [6.07, 6.45) is 14.4. The molecule has 0 aliphatic heterocycles. The molecule has 0 atom stereocenters. The molecule has 3 N–H and O–H groups in total. The number of nitrogens with one attached hydrogen (secondary N) is 3. The van der Waals surface area contributed by atoms with Gasteiger partial charge in [-0.25, -0.2) is 14.6 Å². The number of aromatic nitrogens is 2. The molecule has 0 unspecified atom stereocenters. The predicted molar refractivity (Wildman–Crippen MR) is 157 cm³/mol. The van der Waals surface area contributed by atoms with Crippen molar-refractivity contribution in [1.29, 1.82) is 5.26 Å². The minimum atomic E-state index is -0.580. The highest BCUT2D eigenvalue weighted by Gasteiger charge is 2.16. The number of anilines is 3. The van der Waals surface area contributed by atoms with Crippen LogP contribution in [-0.2, 0) is 14.3 Å². The second kappa shape index (κ2) is 16.7. The number of methoxy groups -OCH3 is 1. The summed E-state index contributed by atoms with van der Waals surface area (Å²) in [5.41, 5.74) is 5.24. The fourth-order valence-corrected chi connectivity index (χ4v) is 3.63. The number of nitrogens with zero attached hydrogens (tertiary/aromatic N) is 3. The SMILES string of the molecule is C#N.CCC(=O)NCCOC(=O)Nc1cn2ncc(C)c(Nc3ccccc3)c2c1C.COC1=CC=CCC=C1. The monoisotopic (exact) mass is 544 g/mol. The van der Waals surface area contributed by atoms with Gasteiger partial charge in [-0.05, 0) is 50.1 Å². The number of hydrogen-bond donors (Lipinski definition) is 3. The molecule has 0 fully saturated rings. The minimum absolute atomic E-state index is 0.0802. The fourth-order valence-electron chi connectivity index (χ4n) is 3.63.